The highest BCUT2D eigenvalue weighted by atomic mass is 15.2. The predicted octanol–water partition coefficient (Wildman–Crippen LogP) is 2.13. The van der Waals surface area contributed by atoms with Crippen LogP contribution in [0.25, 0.3) is 0 Å². The molecule has 0 bridgehead atoms. The molecule has 2 aliphatic rings. The lowest BCUT2D eigenvalue weighted by Gasteiger charge is -2.50. The van der Waals surface area contributed by atoms with Crippen molar-refractivity contribution in [3.63, 3.8) is 0 Å². The lowest BCUT2D eigenvalue weighted by molar-refractivity contribution is -0.00281. The van der Waals surface area contributed by atoms with Crippen molar-refractivity contribution in [2.24, 2.45) is 11.8 Å². The summed E-state index contributed by atoms with van der Waals surface area (Å²) in [6, 6.07) is 0.976. The summed E-state index contributed by atoms with van der Waals surface area (Å²) in [7, 11) is 0. The number of nitrogens with zero attached hydrogens (tertiary/aromatic N) is 1. The molecule has 1 nitrogen and oxygen atoms in total. The van der Waals surface area contributed by atoms with Crippen molar-refractivity contribution in [3.8, 4) is 0 Å². The van der Waals surface area contributed by atoms with Gasteiger partial charge < -0.3 is 4.90 Å². The highest BCUT2D eigenvalue weighted by Gasteiger charge is 2.38. The van der Waals surface area contributed by atoms with Crippen LogP contribution in [0, 0.1) is 11.8 Å². The maximum absolute atomic E-state index is 2.67. The molecular weight excluding hydrogens is 134 g/mol. The van der Waals surface area contributed by atoms with E-state index in [1.807, 2.05) is 0 Å². The first-order chi connectivity index (χ1) is 5.29. The van der Waals surface area contributed by atoms with Crippen molar-refractivity contribution in [2.75, 3.05) is 13.1 Å². The summed E-state index contributed by atoms with van der Waals surface area (Å²) in [4.78, 5) is 2.67. The molecule has 0 radical (unpaired) electrons. The maximum atomic E-state index is 2.67. The molecule has 2 atom stereocenters. The third-order valence-electron chi connectivity index (χ3n) is 3.51. The van der Waals surface area contributed by atoms with Gasteiger partial charge >= 0.3 is 0 Å². The zero-order chi connectivity index (χ0) is 7.84. The van der Waals surface area contributed by atoms with E-state index >= 15 is 0 Å². The number of hydrogen-bond acceptors (Lipinski definition) is 1. The Morgan fingerprint density at radius 2 is 1.91 bits per heavy atom. The second-order valence-electron chi connectivity index (χ2n) is 4.44. The van der Waals surface area contributed by atoms with Gasteiger partial charge in [0.25, 0.3) is 0 Å². The van der Waals surface area contributed by atoms with E-state index in [1.54, 1.807) is 0 Å². The molecule has 11 heavy (non-hydrogen) atoms. The van der Waals surface area contributed by atoms with Gasteiger partial charge in [0, 0.05) is 6.04 Å². The lowest BCUT2D eigenvalue weighted by Crippen LogP contribution is -2.54. The molecule has 2 unspecified atom stereocenters. The van der Waals surface area contributed by atoms with Crippen LogP contribution in [-0.4, -0.2) is 24.0 Å². The van der Waals surface area contributed by atoms with E-state index in [0.29, 0.717) is 0 Å². The molecule has 1 aliphatic carbocycles. The van der Waals surface area contributed by atoms with Crippen LogP contribution in [-0.2, 0) is 0 Å². The summed E-state index contributed by atoms with van der Waals surface area (Å²) in [5, 5.41) is 0. The molecule has 1 heterocycles. The summed E-state index contributed by atoms with van der Waals surface area (Å²) >= 11 is 0. The highest BCUT2D eigenvalue weighted by molar-refractivity contribution is 4.92. The lowest BCUT2D eigenvalue weighted by atomic mass is 9.71. The Morgan fingerprint density at radius 3 is 2.18 bits per heavy atom. The average Bonchev–Trinajstić information content (AvgIpc) is 1.73. The summed E-state index contributed by atoms with van der Waals surface area (Å²) in [6.45, 7) is 7.51. The number of likely N-dealkylation sites (tertiary alicyclic amines) is 1. The van der Waals surface area contributed by atoms with Gasteiger partial charge in [-0.05, 0) is 44.2 Å². The van der Waals surface area contributed by atoms with Gasteiger partial charge in [-0.2, -0.15) is 0 Å². The molecule has 64 valence electrons. The Kier molecular flexibility index (Phi) is 1.92. The van der Waals surface area contributed by atoms with Gasteiger partial charge in [-0.3, -0.25) is 0 Å². The molecule has 1 saturated heterocycles. The van der Waals surface area contributed by atoms with Gasteiger partial charge in [0.1, 0.15) is 0 Å². The topological polar surface area (TPSA) is 3.24 Å². The Labute approximate surface area is 69.8 Å². The Hall–Kier alpha value is -0.0400. The fourth-order valence-electron chi connectivity index (χ4n) is 2.41. The van der Waals surface area contributed by atoms with E-state index in [4.69, 9.17) is 0 Å². The molecule has 0 aromatic carbocycles. The summed E-state index contributed by atoms with van der Waals surface area (Å²) in [5.41, 5.74) is 0. The summed E-state index contributed by atoms with van der Waals surface area (Å²) < 4.78 is 0. The maximum Gasteiger partial charge on any atom is 0.0126 e. The number of hydrogen-bond donors (Lipinski definition) is 0. The van der Waals surface area contributed by atoms with E-state index < -0.39 is 0 Å². The Balaban J connectivity index is 1.85. The second kappa shape index (κ2) is 2.78. The molecular formula is C10H19N. The van der Waals surface area contributed by atoms with Gasteiger partial charge in [-0.1, -0.05) is 13.8 Å². The van der Waals surface area contributed by atoms with Crippen LogP contribution >= 0.6 is 0 Å². The number of rotatable bonds is 2. The fraction of sp³-hybridized carbons (Fsp3) is 1.00. The Bertz CT molecular complexity index is 138. The minimum Gasteiger partial charge on any atom is -0.300 e. The molecule has 0 amide bonds. The summed E-state index contributed by atoms with van der Waals surface area (Å²) in [6.07, 6.45) is 4.41. The SMILES string of the molecule is CC(C)C1CCC1N1CCC1. The second-order valence-corrected chi connectivity index (χ2v) is 4.44. The van der Waals surface area contributed by atoms with Crippen molar-refractivity contribution in [3.05, 3.63) is 0 Å². The third-order valence-corrected chi connectivity index (χ3v) is 3.51. The first-order valence-electron chi connectivity index (χ1n) is 5.03. The molecule has 0 aromatic heterocycles. The van der Waals surface area contributed by atoms with Crippen molar-refractivity contribution in [2.45, 2.75) is 39.2 Å². The molecule has 1 heteroatoms. The van der Waals surface area contributed by atoms with Crippen LogP contribution < -0.4 is 0 Å². The van der Waals surface area contributed by atoms with E-state index in [1.165, 1.54) is 32.4 Å². The quantitative estimate of drug-likeness (QED) is 0.587. The van der Waals surface area contributed by atoms with E-state index in [0.717, 1.165) is 17.9 Å². The Morgan fingerprint density at radius 1 is 1.18 bits per heavy atom. The molecule has 0 spiro atoms. The predicted molar refractivity (Wildman–Crippen MR) is 47.5 cm³/mol. The standard InChI is InChI=1S/C10H19N/c1-8(2)9-4-5-10(9)11-6-3-7-11/h8-10H,3-7H2,1-2H3. The minimum atomic E-state index is 0.911. The van der Waals surface area contributed by atoms with Crippen LogP contribution in [0.15, 0.2) is 0 Å². The van der Waals surface area contributed by atoms with Crippen LogP contribution in [0.5, 0.6) is 0 Å². The van der Waals surface area contributed by atoms with Gasteiger partial charge in [0.2, 0.25) is 0 Å². The average molecular weight is 153 g/mol. The molecule has 0 aromatic rings. The first kappa shape index (κ1) is 7.60. The van der Waals surface area contributed by atoms with Crippen molar-refractivity contribution in [1.29, 1.82) is 0 Å². The van der Waals surface area contributed by atoms with Gasteiger partial charge in [-0.25, -0.2) is 0 Å². The van der Waals surface area contributed by atoms with Crippen molar-refractivity contribution < 1.29 is 0 Å². The third kappa shape index (κ3) is 1.20. The van der Waals surface area contributed by atoms with E-state index in [-0.39, 0.29) is 0 Å². The van der Waals surface area contributed by atoms with Gasteiger partial charge in [0.15, 0.2) is 0 Å². The zero-order valence-corrected chi connectivity index (χ0v) is 7.71. The van der Waals surface area contributed by atoms with Crippen LogP contribution in [0.3, 0.4) is 0 Å². The van der Waals surface area contributed by atoms with Crippen LogP contribution in [0.4, 0.5) is 0 Å². The van der Waals surface area contributed by atoms with Gasteiger partial charge in [-0.15, -0.1) is 0 Å². The molecule has 2 fully saturated rings. The van der Waals surface area contributed by atoms with Crippen LogP contribution in [0.1, 0.15) is 33.1 Å². The zero-order valence-electron chi connectivity index (χ0n) is 7.71. The molecule has 1 saturated carbocycles. The largest absolute Gasteiger partial charge is 0.300 e. The smallest absolute Gasteiger partial charge is 0.0126 e. The fourth-order valence-corrected chi connectivity index (χ4v) is 2.41. The monoisotopic (exact) mass is 153 g/mol. The van der Waals surface area contributed by atoms with Crippen LogP contribution in [0.2, 0.25) is 0 Å². The molecule has 0 N–H and O–H groups in total. The normalized spacial score (nSPS) is 38.5. The molecule has 2 rings (SSSR count). The van der Waals surface area contributed by atoms with Crippen molar-refractivity contribution in [1.82, 2.24) is 4.90 Å². The minimum absolute atomic E-state index is 0.911. The van der Waals surface area contributed by atoms with Crippen molar-refractivity contribution >= 4 is 0 Å². The molecule has 1 aliphatic heterocycles. The van der Waals surface area contributed by atoms with E-state index in [2.05, 4.69) is 18.7 Å². The summed E-state index contributed by atoms with van der Waals surface area (Å²) in [5.74, 6) is 1.93. The van der Waals surface area contributed by atoms with Gasteiger partial charge in [0.05, 0.1) is 0 Å². The first-order valence-corrected chi connectivity index (χ1v) is 5.03. The van der Waals surface area contributed by atoms with E-state index in [9.17, 15) is 0 Å². The highest BCUT2D eigenvalue weighted by Crippen LogP contribution is 2.39.